The number of pyridine rings is 1. The lowest BCUT2D eigenvalue weighted by atomic mass is 9.91. The van der Waals surface area contributed by atoms with E-state index in [0.717, 1.165) is 17.2 Å². The van der Waals surface area contributed by atoms with Gasteiger partial charge in [-0.3, -0.25) is 4.79 Å². The highest BCUT2D eigenvalue weighted by Gasteiger charge is 2.17. The lowest BCUT2D eigenvalue weighted by Gasteiger charge is -2.18. The van der Waals surface area contributed by atoms with Crippen molar-refractivity contribution in [3.05, 3.63) is 28.2 Å². The summed E-state index contributed by atoms with van der Waals surface area (Å²) in [5.74, 6) is 0. The van der Waals surface area contributed by atoms with E-state index in [1.54, 1.807) is 0 Å². The summed E-state index contributed by atoms with van der Waals surface area (Å²) < 4.78 is 0. The summed E-state index contributed by atoms with van der Waals surface area (Å²) in [5, 5.41) is 12.9. The van der Waals surface area contributed by atoms with Gasteiger partial charge in [0.05, 0.1) is 5.56 Å². The van der Waals surface area contributed by atoms with E-state index in [4.69, 9.17) is 0 Å². The minimum Gasteiger partial charge on any atom is -0.358 e. The summed E-state index contributed by atoms with van der Waals surface area (Å²) in [6.45, 7) is 10.4. The molecule has 5 nitrogen and oxygen atoms in total. The molecule has 0 aromatic carbocycles. The summed E-state index contributed by atoms with van der Waals surface area (Å²) in [5.41, 5.74) is 1.28. The minimum atomic E-state index is -0.117. The van der Waals surface area contributed by atoms with Crippen molar-refractivity contribution in [3.63, 3.8) is 0 Å². The number of hydrogen-bond donors (Lipinski definition) is 2. The Labute approximate surface area is 128 Å². The zero-order chi connectivity index (χ0) is 15.6. The van der Waals surface area contributed by atoms with Crippen LogP contribution in [0.5, 0.6) is 0 Å². The summed E-state index contributed by atoms with van der Waals surface area (Å²) >= 11 is 1.40. The standard InChI is InChI=1S/C15H22N4OS/c1-6-9(2)16-14-19-18-13(21-14)10-7-8-11(15(3,4)5)17-12(10)20/h7-9H,6H2,1-5H3,(H,16,19)(H,17,20). The molecule has 0 bridgehead atoms. The summed E-state index contributed by atoms with van der Waals surface area (Å²) in [7, 11) is 0. The largest absolute Gasteiger partial charge is 0.358 e. The predicted molar refractivity (Wildman–Crippen MR) is 88.0 cm³/mol. The van der Waals surface area contributed by atoms with E-state index < -0.39 is 0 Å². The Morgan fingerprint density at radius 1 is 1.33 bits per heavy atom. The van der Waals surface area contributed by atoms with E-state index in [1.165, 1.54) is 11.3 Å². The van der Waals surface area contributed by atoms with E-state index in [1.807, 2.05) is 12.1 Å². The van der Waals surface area contributed by atoms with Crippen LogP contribution in [-0.4, -0.2) is 21.2 Å². The van der Waals surface area contributed by atoms with Crippen molar-refractivity contribution in [3.8, 4) is 10.6 Å². The number of anilines is 1. The maximum absolute atomic E-state index is 12.2. The van der Waals surface area contributed by atoms with Crippen LogP contribution in [0.1, 0.15) is 46.7 Å². The van der Waals surface area contributed by atoms with E-state index in [9.17, 15) is 4.79 Å². The molecule has 1 unspecified atom stereocenters. The van der Waals surface area contributed by atoms with Gasteiger partial charge in [-0.1, -0.05) is 39.0 Å². The Morgan fingerprint density at radius 3 is 2.62 bits per heavy atom. The number of H-pyrrole nitrogens is 1. The predicted octanol–water partition coefficient (Wildman–Crippen LogP) is 3.40. The van der Waals surface area contributed by atoms with Gasteiger partial charge < -0.3 is 10.3 Å². The molecule has 6 heteroatoms. The van der Waals surface area contributed by atoms with Crippen LogP contribution < -0.4 is 10.9 Å². The smallest absolute Gasteiger partial charge is 0.258 e. The highest BCUT2D eigenvalue weighted by molar-refractivity contribution is 7.18. The fourth-order valence-electron chi connectivity index (χ4n) is 1.78. The lowest BCUT2D eigenvalue weighted by Crippen LogP contribution is -2.20. The third-order valence-corrected chi connectivity index (χ3v) is 4.24. The van der Waals surface area contributed by atoms with Gasteiger partial charge >= 0.3 is 0 Å². The number of rotatable bonds is 4. The molecule has 2 N–H and O–H groups in total. The molecule has 2 rings (SSSR count). The first-order valence-electron chi connectivity index (χ1n) is 7.15. The maximum Gasteiger partial charge on any atom is 0.258 e. The Kier molecular flexibility index (Phi) is 4.46. The van der Waals surface area contributed by atoms with Crippen LogP contribution >= 0.6 is 11.3 Å². The third-order valence-electron chi connectivity index (χ3n) is 3.36. The van der Waals surface area contributed by atoms with Crippen LogP contribution in [0.4, 0.5) is 5.13 Å². The molecule has 2 aromatic heterocycles. The number of nitrogens with zero attached hydrogens (tertiary/aromatic N) is 2. The number of nitrogens with one attached hydrogen (secondary N) is 2. The average molecular weight is 306 g/mol. The molecule has 0 aliphatic rings. The first-order chi connectivity index (χ1) is 9.81. The molecule has 0 aliphatic carbocycles. The van der Waals surface area contributed by atoms with Crippen molar-refractivity contribution in [1.29, 1.82) is 0 Å². The zero-order valence-corrected chi connectivity index (χ0v) is 14.0. The van der Waals surface area contributed by atoms with Gasteiger partial charge in [-0.05, 0) is 25.5 Å². The quantitative estimate of drug-likeness (QED) is 0.908. The number of hydrogen-bond acceptors (Lipinski definition) is 5. The van der Waals surface area contributed by atoms with Crippen LogP contribution in [0.3, 0.4) is 0 Å². The SMILES string of the molecule is CCC(C)Nc1nnc(-c2ccc(C(C)(C)C)[nH]c2=O)s1. The van der Waals surface area contributed by atoms with Crippen molar-refractivity contribution in [2.24, 2.45) is 0 Å². The van der Waals surface area contributed by atoms with E-state index in [-0.39, 0.29) is 11.0 Å². The van der Waals surface area contributed by atoms with Crippen LogP contribution in [0.2, 0.25) is 0 Å². The van der Waals surface area contributed by atoms with Crippen LogP contribution in [0.15, 0.2) is 16.9 Å². The molecule has 0 saturated carbocycles. The minimum absolute atomic E-state index is 0.0813. The first kappa shape index (κ1) is 15.7. The van der Waals surface area contributed by atoms with Gasteiger partial charge in [0.1, 0.15) is 0 Å². The van der Waals surface area contributed by atoms with E-state index >= 15 is 0 Å². The molecule has 21 heavy (non-hydrogen) atoms. The van der Waals surface area contributed by atoms with Crippen LogP contribution in [0, 0.1) is 0 Å². The fourth-order valence-corrected chi connectivity index (χ4v) is 2.66. The normalized spacial score (nSPS) is 13.2. The Balaban J connectivity index is 2.29. The molecule has 2 heterocycles. The molecular formula is C15H22N4OS. The molecule has 0 fully saturated rings. The van der Waals surface area contributed by atoms with Crippen LogP contribution in [-0.2, 0) is 5.41 Å². The lowest BCUT2D eigenvalue weighted by molar-refractivity contribution is 0.567. The summed E-state index contributed by atoms with van der Waals surface area (Å²) in [6.07, 6.45) is 1.01. The second kappa shape index (κ2) is 5.97. The highest BCUT2D eigenvalue weighted by atomic mass is 32.1. The average Bonchev–Trinajstić information content (AvgIpc) is 2.85. The topological polar surface area (TPSA) is 70.7 Å². The maximum atomic E-state index is 12.2. The Morgan fingerprint density at radius 2 is 2.05 bits per heavy atom. The molecular weight excluding hydrogens is 284 g/mol. The monoisotopic (exact) mass is 306 g/mol. The van der Waals surface area contributed by atoms with Gasteiger partial charge in [-0.25, -0.2) is 0 Å². The second-order valence-corrected chi connectivity index (χ2v) is 7.21. The third kappa shape index (κ3) is 3.69. The van der Waals surface area contributed by atoms with Gasteiger partial charge in [0.15, 0.2) is 5.01 Å². The molecule has 0 radical (unpaired) electrons. The van der Waals surface area contributed by atoms with Gasteiger partial charge in [0.25, 0.3) is 5.56 Å². The molecule has 114 valence electrons. The molecule has 0 saturated heterocycles. The molecule has 0 amide bonds. The van der Waals surface area contributed by atoms with Gasteiger partial charge in [0.2, 0.25) is 5.13 Å². The van der Waals surface area contributed by atoms with E-state index in [0.29, 0.717) is 16.6 Å². The molecule has 0 aliphatic heterocycles. The highest BCUT2D eigenvalue weighted by Crippen LogP contribution is 2.26. The molecule has 1 atom stereocenters. The summed E-state index contributed by atoms with van der Waals surface area (Å²) in [6, 6.07) is 4.11. The van der Waals surface area contributed by atoms with Crippen LogP contribution in [0.25, 0.3) is 10.6 Å². The number of aromatic nitrogens is 3. The zero-order valence-electron chi connectivity index (χ0n) is 13.2. The molecule has 2 aromatic rings. The van der Waals surface area contributed by atoms with Crippen molar-refractivity contribution in [2.45, 2.75) is 52.5 Å². The Hall–Kier alpha value is -1.69. The number of aromatic amines is 1. The first-order valence-corrected chi connectivity index (χ1v) is 7.97. The van der Waals surface area contributed by atoms with Crippen molar-refractivity contribution < 1.29 is 0 Å². The Bertz CT molecular complexity index is 669. The van der Waals surface area contributed by atoms with Crippen molar-refractivity contribution >= 4 is 16.5 Å². The van der Waals surface area contributed by atoms with Crippen molar-refractivity contribution in [1.82, 2.24) is 15.2 Å². The van der Waals surface area contributed by atoms with Gasteiger partial charge in [0, 0.05) is 17.2 Å². The van der Waals surface area contributed by atoms with Gasteiger partial charge in [-0.15, -0.1) is 10.2 Å². The summed E-state index contributed by atoms with van der Waals surface area (Å²) in [4.78, 5) is 15.2. The second-order valence-electron chi connectivity index (χ2n) is 6.23. The van der Waals surface area contributed by atoms with Gasteiger partial charge in [-0.2, -0.15) is 0 Å². The molecule has 0 spiro atoms. The fraction of sp³-hybridized carbons (Fsp3) is 0.533. The van der Waals surface area contributed by atoms with Crippen molar-refractivity contribution in [2.75, 3.05) is 5.32 Å². The van der Waals surface area contributed by atoms with E-state index in [2.05, 4.69) is 55.1 Å².